The maximum atomic E-state index is 12.4. The van der Waals surface area contributed by atoms with E-state index in [1.165, 1.54) is 11.3 Å². The summed E-state index contributed by atoms with van der Waals surface area (Å²) >= 11 is 1.50. The number of methoxy groups -OCH3 is 3. The summed E-state index contributed by atoms with van der Waals surface area (Å²) in [6.07, 6.45) is 0. The molecule has 1 amide bonds. The average Bonchev–Trinajstić information content (AvgIpc) is 3.22. The van der Waals surface area contributed by atoms with E-state index in [0.717, 1.165) is 43.2 Å². The van der Waals surface area contributed by atoms with Crippen LogP contribution in [0.1, 0.15) is 15.2 Å². The lowest BCUT2D eigenvalue weighted by molar-refractivity contribution is 0.0633. The number of ether oxygens (including phenoxy) is 3. The van der Waals surface area contributed by atoms with Crippen molar-refractivity contribution in [2.75, 3.05) is 47.5 Å². The fourth-order valence-electron chi connectivity index (χ4n) is 3.15. The second-order valence-electron chi connectivity index (χ2n) is 6.08. The van der Waals surface area contributed by atoms with Crippen molar-refractivity contribution in [3.63, 3.8) is 0 Å². The third kappa shape index (κ3) is 4.86. The van der Waals surface area contributed by atoms with Crippen LogP contribution in [-0.4, -0.2) is 63.2 Å². The van der Waals surface area contributed by atoms with E-state index in [2.05, 4.69) is 4.90 Å². The Balaban J connectivity index is 0.00000261. The van der Waals surface area contributed by atoms with Crippen LogP contribution < -0.4 is 14.2 Å². The number of rotatable bonds is 6. The first-order valence-electron chi connectivity index (χ1n) is 8.50. The van der Waals surface area contributed by atoms with Crippen molar-refractivity contribution in [3.05, 3.63) is 40.1 Å². The topological polar surface area (TPSA) is 51.2 Å². The number of carbonyl (C=O) groups excluding carboxylic acids is 1. The first-order chi connectivity index (χ1) is 12.7. The third-order valence-electron chi connectivity index (χ3n) is 4.52. The maximum absolute atomic E-state index is 12.4. The van der Waals surface area contributed by atoms with Gasteiger partial charge in [-0.15, -0.1) is 23.7 Å². The smallest absolute Gasteiger partial charge is 0.264 e. The van der Waals surface area contributed by atoms with Gasteiger partial charge < -0.3 is 19.1 Å². The number of hydrogen-bond donors (Lipinski definition) is 0. The zero-order chi connectivity index (χ0) is 18.5. The molecule has 1 fully saturated rings. The predicted octanol–water partition coefficient (Wildman–Crippen LogP) is 3.15. The number of benzene rings is 1. The Bertz CT molecular complexity index is 721. The number of halogens is 1. The van der Waals surface area contributed by atoms with E-state index in [1.54, 1.807) is 21.3 Å². The van der Waals surface area contributed by atoms with Crippen molar-refractivity contribution < 1.29 is 19.0 Å². The lowest BCUT2D eigenvalue weighted by atomic mass is 10.1. The van der Waals surface area contributed by atoms with Crippen molar-refractivity contribution in [1.29, 1.82) is 0 Å². The summed E-state index contributed by atoms with van der Waals surface area (Å²) in [6, 6.07) is 7.75. The highest BCUT2D eigenvalue weighted by atomic mass is 35.5. The number of nitrogens with zero attached hydrogens (tertiary/aromatic N) is 2. The molecule has 6 nitrogen and oxygen atoms in total. The molecule has 0 bridgehead atoms. The molecule has 1 aromatic heterocycles. The fraction of sp³-hybridized carbons (Fsp3) is 0.421. The maximum Gasteiger partial charge on any atom is 0.264 e. The molecule has 1 saturated heterocycles. The first-order valence-corrected chi connectivity index (χ1v) is 9.38. The Morgan fingerprint density at radius 2 is 1.67 bits per heavy atom. The van der Waals surface area contributed by atoms with Gasteiger partial charge in [0.25, 0.3) is 5.91 Å². The largest absolute Gasteiger partial charge is 0.493 e. The van der Waals surface area contributed by atoms with E-state index < -0.39 is 0 Å². The van der Waals surface area contributed by atoms with E-state index >= 15 is 0 Å². The van der Waals surface area contributed by atoms with Gasteiger partial charge in [0, 0.05) is 32.7 Å². The van der Waals surface area contributed by atoms with Gasteiger partial charge in [-0.2, -0.15) is 0 Å². The summed E-state index contributed by atoms with van der Waals surface area (Å²) in [5, 5.41) is 1.94. The van der Waals surface area contributed by atoms with E-state index in [4.69, 9.17) is 14.2 Å². The highest BCUT2D eigenvalue weighted by molar-refractivity contribution is 7.12. The Morgan fingerprint density at radius 1 is 1.04 bits per heavy atom. The average molecular weight is 413 g/mol. The van der Waals surface area contributed by atoms with Crippen LogP contribution in [0.3, 0.4) is 0 Å². The lowest BCUT2D eigenvalue weighted by Gasteiger charge is -2.34. The SMILES string of the molecule is COc1cc(CN2CCN(C(=O)c3cccs3)CC2)cc(OC)c1OC.Cl. The minimum absolute atomic E-state index is 0. The molecule has 2 aromatic rings. The number of amides is 1. The molecule has 1 aliphatic heterocycles. The number of thiophene rings is 1. The lowest BCUT2D eigenvalue weighted by Crippen LogP contribution is -2.48. The molecule has 0 saturated carbocycles. The summed E-state index contributed by atoms with van der Waals surface area (Å²) in [5.41, 5.74) is 1.09. The normalized spacial score (nSPS) is 14.4. The van der Waals surface area contributed by atoms with Crippen LogP contribution in [0.25, 0.3) is 0 Å². The Hall–Kier alpha value is -1.96. The molecule has 0 aliphatic carbocycles. The summed E-state index contributed by atoms with van der Waals surface area (Å²) in [6.45, 7) is 3.93. The van der Waals surface area contributed by atoms with E-state index in [-0.39, 0.29) is 18.3 Å². The zero-order valence-electron chi connectivity index (χ0n) is 15.8. The Kier molecular flexibility index (Phi) is 7.77. The molecule has 1 aliphatic rings. The molecule has 27 heavy (non-hydrogen) atoms. The monoisotopic (exact) mass is 412 g/mol. The minimum atomic E-state index is 0. The van der Waals surface area contributed by atoms with Crippen LogP contribution in [0.4, 0.5) is 0 Å². The van der Waals surface area contributed by atoms with Crippen LogP contribution in [-0.2, 0) is 6.54 Å². The molecule has 0 unspecified atom stereocenters. The van der Waals surface area contributed by atoms with Crippen LogP contribution in [0.2, 0.25) is 0 Å². The van der Waals surface area contributed by atoms with Gasteiger partial charge in [0.05, 0.1) is 26.2 Å². The van der Waals surface area contributed by atoms with Crippen molar-refractivity contribution in [2.45, 2.75) is 6.54 Å². The van der Waals surface area contributed by atoms with E-state index in [0.29, 0.717) is 17.2 Å². The van der Waals surface area contributed by atoms with Gasteiger partial charge in [-0.25, -0.2) is 0 Å². The van der Waals surface area contributed by atoms with Crippen LogP contribution in [0.15, 0.2) is 29.6 Å². The summed E-state index contributed by atoms with van der Waals surface area (Å²) < 4.78 is 16.2. The first kappa shape index (κ1) is 21.3. The van der Waals surface area contributed by atoms with Crippen molar-refractivity contribution in [2.24, 2.45) is 0 Å². The molecule has 148 valence electrons. The predicted molar refractivity (Wildman–Crippen MR) is 109 cm³/mol. The van der Waals surface area contributed by atoms with Crippen molar-refractivity contribution in [3.8, 4) is 17.2 Å². The van der Waals surface area contributed by atoms with E-state index in [1.807, 2.05) is 34.5 Å². The van der Waals surface area contributed by atoms with Gasteiger partial charge in [0.15, 0.2) is 11.5 Å². The number of piperazine rings is 1. The van der Waals surface area contributed by atoms with E-state index in [9.17, 15) is 4.79 Å². The Morgan fingerprint density at radius 3 is 2.15 bits per heavy atom. The van der Waals surface area contributed by atoms with Gasteiger partial charge >= 0.3 is 0 Å². The molecule has 3 rings (SSSR count). The van der Waals surface area contributed by atoms with Gasteiger partial charge in [-0.3, -0.25) is 9.69 Å². The minimum Gasteiger partial charge on any atom is -0.493 e. The van der Waals surface area contributed by atoms with Crippen LogP contribution >= 0.6 is 23.7 Å². The van der Waals surface area contributed by atoms with Gasteiger partial charge in [0.2, 0.25) is 5.75 Å². The molecule has 8 heteroatoms. The molecule has 0 spiro atoms. The van der Waals surface area contributed by atoms with Gasteiger partial charge in [0.1, 0.15) is 0 Å². The summed E-state index contributed by atoms with van der Waals surface area (Å²) in [4.78, 5) is 17.5. The molecule has 0 radical (unpaired) electrons. The van der Waals surface area contributed by atoms with Gasteiger partial charge in [-0.1, -0.05) is 6.07 Å². The molecule has 2 heterocycles. The molecular formula is C19H25ClN2O4S. The molecule has 0 N–H and O–H groups in total. The van der Waals surface area contributed by atoms with Crippen LogP contribution in [0, 0.1) is 0 Å². The van der Waals surface area contributed by atoms with Crippen LogP contribution in [0.5, 0.6) is 17.2 Å². The number of carbonyl (C=O) groups is 1. The highest BCUT2D eigenvalue weighted by Gasteiger charge is 2.23. The second-order valence-corrected chi connectivity index (χ2v) is 7.03. The summed E-state index contributed by atoms with van der Waals surface area (Å²) in [5.74, 6) is 2.05. The highest BCUT2D eigenvalue weighted by Crippen LogP contribution is 2.38. The summed E-state index contributed by atoms with van der Waals surface area (Å²) in [7, 11) is 4.84. The van der Waals surface area contributed by atoms with Gasteiger partial charge in [-0.05, 0) is 29.1 Å². The quantitative estimate of drug-likeness (QED) is 0.729. The standard InChI is InChI=1S/C19H24N2O4S.ClH/c1-23-15-11-14(12-16(24-2)18(15)25-3)13-20-6-8-21(9-7-20)19(22)17-5-4-10-26-17;/h4-5,10-12H,6-9,13H2,1-3H3;1H. The fourth-order valence-corrected chi connectivity index (χ4v) is 3.84. The van der Waals surface area contributed by atoms with Crippen molar-refractivity contribution in [1.82, 2.24) is 9.80 Å². The number of hydrogen-bond acceptors (Lipinski definition) is 6. The zero-order valence-corrected chi connectivity index (χ0v) is 17.4. The van der Waals surface area contributed by atoms with Crippen molar-refractivity contribution >= 4 is 29.7 Å². The molecule has 1 aromatic carbocycles. The molecule has 0 atom stereocenters. The molecular weight excluding hydrogens is 388 g/mol. The third-order valence-corrected chi connectivity index (χ3v) is 5.38. The Labute approximate surface area is 170 Å². The second kappa shape index (κ2) is 9.82.